The van der Waals surface area contributed by atoms with E-state index in [2.05, 4.69) is 15.7 Å². The molecule has 0 spiro atoms. The molecule has 0 saturated heterocycles. The Labute approximate surface area is 100 Å². The van der Waals surface area contributed by atoms with E-state index in [0.717, 1.165) is 5.41 Å². The number of anilines is 1. The summed E-state index contributed by atoms with van der Waals surface area (Å²) in [5, 5.41) is 1.12. The van der Waals surface area contributed by atoms with Crippen LogP contribution in [0.4, 0.5) is 10.5 Å². The average Bonchev–Trinajstić information content (AvgIpc) is 2.29. The molecule has 0 heterocycles. The highest BCUT2D eigenvalue weighted by Crippen LogP contribution is 2.18. The van der Waals surface area contributed by atoms with Gasteiger partial charge in [-0.15, -0.1) is 4.36 Å². The molecular weight excluding hydrogens is 240 g/mol. The van der Waals surface area contributed by atoms with Gasteiger partial charge in [0, 0.05) is 11.1 Å². The zero-order valence-electron chi connectivity index (χ0n) is 9.46. The van der Waals surface area contributed by atoms with Crippen molar-refractivity contribution in [1.82, 2.24) is 0 Å². The van der Waals surface area contributed by atoms with E-state index in [4.69, 9.17) is 5.73 Å². The molecule has 0 radical (unpaired) electrons. The molecule has 1 atom stereocenters. The van der Waals surface area contributed by atoms with Crippen LogP contribution in [0, 0.1) is 0 Å². The van der Waals surface area contributed by atoms with Crippen LogP contribution in [0.2, 0.25) is 0 Å². The minimum Gasteiger partial charge on any atom is -0.448 e. The molecule has 0 aliphatic rings. The first-order valence-electron chi connectivity index (χ1n) is 4.93. The molecule has 0 fully saturated rings. The standard InChI is InChI=1S/C11H14N2O3S/c1-3-16-11(14)13-17(15,4-2)10-7-5-6-9(12)8-10/h4-8H,2-3,12H2,1H3/t17-/m1/s1. The number of hydrogen-bond donors (Lipinski definition) is 1. The Balaban J connectivity index is 3.26. The van der Waals surface area contributed by atoms with Crippen molar-refractivity contribution in [2.75, 3.05) is 12.3 Å². The van der Waals surface area contributed by atoms with Crippen LogP contribution in [0.1, 0.15) is 6.92 Å². The lowest BCUT2D eigenvalue weighted by molar-refractivity contribution is 0.164. The molecule has 1 amide bonds. The van der Waals surface area contributed by atoms with Crippen LogP contribution in [0.15, 0.2) is 45.5 Å². The van der Waals surface area contributed by atoms with Crippen molar-refractivity contribution in [1.29, 1.82) is 0 Å². The Bertz CT molecular complexity index is 545. The summed E-state index contributed by atoms with van der Waals surface area (Å²) in [7, 11) is -3.02. The Morgan fingerprint density at radius 1 is 1.65 bits per heavy atom. The zero-order chi connectivity index (χ0) is 12.9. The topological polar surface area (TPSA) is 81.8 Å². The number of nitrogen functional groups attached to an aromatic ring is 1. The Hall–Kier alpha value is -1.82. The molecule has 1 rings (SSSR count). The number of rotatable bonds is 3. The summed E-state index contributed by atoms with van der Waals surface area (Å²) in [6.07, 6.45) is -0.875. The second kappa shape index (κ2) is 5.49. The molecular formula is C11H14N2O3S. The summed E-state index contributed by atoms with van der Waals surface area (Å²) < 4.78 is 20.5. The second-order valence-corrected chi connectivity index (χ2v) is 5.22. The maximum Gasteiger partial charge on any atom is 0.442 e. The summed E-state index contributed by atoms with van der Waals surface area (Å²) in [5.74, 6) is 0. The van der Waals surface area contributed by atoms with Gasteiger partial charge in [-0.05, 0) is 25.1 Å². The third-order valence-electron chi connectivity index (χ3n) is 1.90. The van der Waals surface area contributed by atoms with Crippen LogP contribution in [0.5, 0.6) is 0 Å². The summed E-state index contributed by atoms with van der Waals surface area (Å²) in [4.78, 5) is 11.6. The average molecular weight is 254 g/mol. The van der Waals surface area contributed by atoms with Crippen LogP contribution in [-0.4, -0.2) is 16.9 Å². The molecule has 0 aromatic heterocycles. The Morgan fingerprint density at radius 2 is 2.35 bits per heavy atom. The van der Waals surface area contributed by atoms with Crippen LogP contribution in [-0.2, 0) is 14.5 Å². The first kappa shape index (κ1) is 13.2. The highest BCUT2D eigenvalue weighted by Gasteiger charge is 2.12. The zero-order valence-corrected chi connectivity index (χ0v) is 10.3. The minimum absolute atomic E-state index is 0.173. The normalized spacial score (nSPS) is 13.5. The molecule has 0 aliphatic heterocycles. The van der Waals surface area contributed by atoms with Gasteiger partial charge in [-0.1, -0.05) is 12.6 Å². The van der Waals surface area contributed by atoms with E-state index in [1.807, 2.05) is 0 Å². The lowest BCUT2D eigenvalue weighted by Crippen LogP contribution is -2.04. The van der Waals surface area contributed by atoms with E-state index in [1.165, 1.54) is 6.07 Å². The van der Waals surface area contributed by atoms with E-state index in [0.29, 0.717) is 10.6 Å². The van der Waals surface area contributed by atoms with Crippen molar-refractivity contribution in [3.8, 4) is 0 Å². The molecule has 2 N–H and O–H groups in total. The molecule has 0 unspecified atom stereocenters. The highest BCUT2D eigenvalue weighted by molar-refractivity contribution is 7.96. The maximum atomic E-state index is 12.4. The number of carbonyl (C=O) groups excluding carboxylic acids is 1. The van der Waals surface area contributed by atoms with E-state index in [-0.39, 0.29) is 6.61 Å². The number of benzene rings is 1. The quantitative estimate of drug-likeness (QED) is 0.840. The highest BCUT2D eigenvalue weighted by atomic mass is 32.2. The number of amides is 1. The van der Waals surface area contributed by atoms with E-state index < -0.39 is 15.8 Å². The van der Waals surface area contributed by atoms with Crippen molar-refractivity contribution in [3.05, 3.63) is 36.3 Å². The molecule has 0 saturated carbocycles. The number of hydrogen-bond acceptors (Lipinski definition) is 4. The molecule has 92 valence electrons. The molecule has 5 nitrogen and oxygen atoms in total. The van der Waals surface area contributed by atoms with Gasteiger partial charge in [0.25, 0.3) is 0 Å². The minimum atomic E-state index is -3.02. The third-order valence-corrected chi connectivity index (χ3v) is 3.70. The van der Waals surface area contributed by atoms with Crippen molar-refractivity contribution >= 4 is 21.5 Å². The Kier molecular flexibility index (Phi) is 4.28. The first-order chi connectivity index (χ1) is 8.01. The van der Waals surface area contributed by atoms with Crippen molar-refractivity contribution in [3.63, 3.8) is 0 Å². The summed E-state index contributed by atoms with van der Waals surface area (Å²) in [5.41, 5.74) is 6.02. The second-order valence-electron chi connectivity index (χ2n) is 3.10. The van der Waals surface area contributed by atoms with Gasteiger partial charge in [-0.2, -0.15) is 0 Å². The van der Waals surface area contributed by atoms with Gasteiger partial charge in [-0.25, -0.2) is 9.00 Å². The summed E-state index contributed by atoms with van der Waals surface area (Å²) >= 11 is 0. The summed E-state index contributed by atoms with van der Waals surface area (Å²) in [6, 6.07) is 6.35. The van der Waals surface area contributed by atoms with E-state index in [1.54, 1.807) is 25.1 Å². The number of nitrogens with zero attached hydrogens (tertiary/aromatic N) is 1. The molecule has 17 heavy (non-hydrogen) atoms. The Morgan fingerprint density at radius 3 is 2.88 bits per heavy atom. The molecule has 6 heteroatoms. The summed E-state index contributed by atoms with van der Waals surface area (Å²) in [6.45, 7) is 5.25. The largest absolute Gasteiger partial charge is 0.448 e. The fraction of sp³-hybridized carbons (Fsp3) is 0.182. The molecule has 0 aliphatic carbocycles. The smallest absolute Gasteiger partial charge is 0.442 e. The van der Waals surface area contributed by atoms with Crippen LogP contribution in [0.3, 0.4) is 0 Å². The number of nitrogens with two attached hydrogens (primary N) is 1. The lowest BCUT2D eigenvalue weighted by atomic mass is 10.3. The van der Waals surface area contributed by atoms with Crippen molar-refractivity contribution in [2.45, 2.75) is 11.8 Å². The number of carbonyl (C=O) groups is 1. The van der Waals surface area contributed by atoms with Gasteiger partial charge in [-0.3, -0.25) is 0 Å². The predicted molar refractivity (Wildman–Crippen MR) is 66.9 cm³/mol. The molecule has 1 aromatic rings. The predicted octanol–water partition coefficient (Wildman–Crippen LogP) is 2.40. The van der Waals surface area contributed by atoms with Gasteiger partial charge in [0.2, 0.25) is 0 Å². The van der Waals surface area contributed by atoms with Crippen LogP contribution < -0.4 is 5.73 Å². The maximum absolute atomic E-state index is 12.4. The van der Waals surface area contributed by atoms with Gasteiger partial charge in [0.1, 0.15) is 9.73 Å². The fourth-order valence-electron chi connectivity index (χ4n) is 1.14. The van der Waals surface area contributed by atoms with Crippen molar-refractivity contribution < 1.29 is 13.7 Å². The van der Waals surface area contributed by atoms with E-state index in [9.17, 15) is 9.00 Å². The van der Waals surface area contributed by atoms with Gasteiger partial charge in [0.15, 0.2) is 0 Å². The number of ether oxygens (including phenoxy) is 1. The van der Waals surface area contributed by atoms with Crippen molar-refractivity contribution in [2.24, 2.45) is 4.36 Å². The van der Waals surface area contributed by atoms with Gasteiger partial charge >= 0.3 is 6.09 Å². The van der Waals surface area contributed by atoms with Crippen LogP contribution in [0.25, 0.3) is 0 Å². The molecule has 0 bridgehead atoms. The first-order valence-corrected chi connectivity index (χ1v) is 6.51. The molecule has 1 aromatic carbocycles. The lowest BCUT2D eigenvalue weighted by Gasteiger charge is -2.05. The van der Waals surface area contributed by atoms with Gasteiger partial charge < -0.3 is 10.5 Å². The van der Waals surface area contributed by atoms with Crippen LogP contribution >= 0.6 is 0 Å². The fourth-order valence-corrected chi connectivity index (χ4v) is 2.37. The SMILES string of the molecule is C=C[S@](=O)(=NC(=O)OCC)c1cccc(N)c1. The van der Waals surface area contributed by atoms with Gasteiger partial charge in [0.05, 0.1) is 11.5 Å². The van der Waals surface area contributed by atoms with E-state index >= 15 is 0 Å². The third kappa shape index (κ3) is 3.32. The monoisotopic (exact) mass is 254 g/mol.